The molecule has 3 rings (SSSR count). The van der Waals surface area contributed by atoms with E-state index in [-0.39, 0.29) is 12.1 Å². The van der Waals surface area contributed by atoms with Crippen LogP contribution in [-0.4, -0.2) is 25.6 Å². The van der Waals surface area contributed by atoms with Gasteiger partial charge in [0.25, 0.3) is 0 Å². The van der Waals surface area contributed by atoms with E-state index in [4.69, 9.17) is 12.2 Å². The molecular weight excluding hydrogens is 304 g/mol. The fourth-order valence-corrected chi connectivity index (χ4v) is 3.89. The molecule has 3 heterocycles. The van der Waals surface area contributed by atoms with Crippen LogP contribution in [0.3, 0.4) is 0 Å². The molecule has 2 aromatic rings. The van der Waals surface area contributed by atoms with Crippen LogP contribution < -0.4 is 5.32 Å². The zero-order chi connectivity index (χ0) is 16.7. The summed E-state index contributed by atoms with van der Waals surface area (Å²) in [4.78, 5) is 6.87. The Morgan fingerprint density at radius 1 is 1.26 bits per heavy atom. The van der Waals surface area contributed by atoms with Gasteiger partial charge < -0.3 is 14.8 Å². The maximum atomic E-state index is 5.63. The van der Waals surface area contributed by atoms with Crippen LogP contribution in [0.15, 0.2) is 30.5 Å². The fraction of sp³-hybridized carbons (Fsp3) is 0.444. The maximum Gasteiger partial charge on any atom is 0.170 e. The monoisotopic (exact) mass is 328 g/mol. The van der Waals surface area contributed by atoms with E-state index >= 15 is 0 Å². The van der Waals surface area contributed by atoms with E-state index in [1.807, 2.05) is 18.3 Å². The van der Waals surface area contributed by atoms with E-state index in [1.165, 1.54) is 17.0 Å². The molecule has 0 aromatic carbocycles. The standard InChI is InChI=1S/C18H24N4S/c1-11(2)22-17(14-10-12(3)21(5)13(14)4)16(20-18(22)23)15-8-6-7-9-19-15/h6-11,16-17H,1-5H3,(H,20,23). The van der Waals surface area contributed by atoms with Crippen molar-refractivity contribution < 1.29 is 0 Å². The Hall–Kier alpha value is -1.88. The molecule has 0 bridgehead atoms. The molecule has 0 amide bonds. The van der Waals surface area contributed by atoms with Crippen LogP contribution in [0.5, 0.6) is 0 Å². The van der Waals surface area contributed by atoms with Crippen molar-refractivity contribution in [1.82, 2.24) is 19.8 Å². The van der Waals surface area contributed by atoms with Crippen molar-refractivity contribution in [3.8, 4) is 0 Å². The summed E-state index contributed by atoms with van der Waals surface area (Å²) in [5.41, 5.74) is 4.90. The third-order valence-corrected chi connectivity index (χ3v) is 5.15. The molecule has 1 saturated heterocycles. The average molecular weight is 328 g/mol. The molecule has 5 heteroatoms. The molecule has 0 saturated carbocycles. The van der Waals surface area contributed by atoms with Crippen molar-refractivity contribution in [1.29, 1.82) is 0 Å². The summed E-state index contributed by atoms with van der Waals surface area (Å²) in [6.45, 7) is 8.70. The van der Waals surface area contributed by atoms with Gasteiger partial charge in [0.1, 0.15) is 0 Å². The van der Waals surface area contributed by atoms with Crippen LogP contribution in [-0.2, 0) is 7.05 Å². The predicted octanol–water partition coefficient (Wildman–Crippen LogP) is 3.42. The van der Waals surface area contributed by atoms with Crippen molar-refractivity contribution in [3.63, 3.8) is 0 Å². The Labute approximate surface area is 143 Å². The number of aromatic nitrogens is 2. The highest BCUT2D eigenvalue weighted by atomic mass is 32.1. The fourth-order valence-electron chi connectivity index (χ4n) is 3.44. The highest BCUT2D eigenvalue weighted by Gasteiger charge is 2.42. The zero-order valence-corrected chi connectivity index (χ0v) is 15.2. The SMILES string of the molecule is Cc1cc(C2C(c3ccccn3)NC(=S)N2C(C)C)c(C)n1C. The normalized spacial score (nSPS) is 21.1. The van der Waals surface area contributed by atoms with Gasteiger partial charge in [-0.25, -0.2) is 0 Å². The first-order valence-corrected chi connectivity index (χ1v) is 8.45. The summed E-state index contributed by atoms with van der Waals surface area (Å²) in [5.74, 6) is 0. The summed E-state index contributed by atoms with van der Waals surface area (Å²) in [6.07, 6.45) is 1.85. The van der Waals surface area contributed by atoms with E-state index in [1.54, 1.807) is 0 Å². The van der Waals surface area contributed by atoms with Gasteiger partial charge >= 0.3 is 0 Å². The number of hydrogen-bond acceptors (Lipinski definition) is 2. The Bertz CT molecular complexity index is 720. The molecular formula is C18H24N4S. The Morgan fingerprint density at radius 2 is 2.00 bits per heavy atom. The third kappa shape index (κ3) is 2.63. The van der Waals surface area contributed by atoms with Gasteiger partial charge in [0.2, 0.25) is 0 Å². The summed E-state index contributed by atoms with van der Waals surface area (Å²) >= 11 is 5.63. The van der Waals surface area contributed by atoms with Crippen LogP contribution in [0, 0.1) is 13.8 Å². The zero-order valence-electron chi connectivity index (χ0n) is 14.4. The topological polar surface area (TPSA) is 33.1 Å². The predicted molar refractivity (Wildman–Crippen MR) is 97.3 cm³/mol. The van der Waals surface area contributed by atoms with Crippen molar-refractivity contribution in [2.45, 2.75) is 45.8 Å². The van der Waals surface area contributed by atoms with E-state index < -0.39 is 0 Å². The molecule has 2 aromatic heterocycles. The molecule has 1 N–H and O–H groups in total. The summed E-state index contributed by atoms with van der Waals surface area (Å²) in [5, 5.41) is 4.30. The van der Waals surface area contributed by atoms with Crippen LogP contribution >= 0.6 is 12.2 Å². The lowest BCUT2D eigenvalue weighted by atomic mass is 9.96. The van der Waals surface area contributed by atoms with E-state index in [2.05, 4.69) is 66.6 Å². The molecule has 0 aliphatic carbocycles. The number of aryl methyl sites for hydroxylation is 1. The summed E-state index contributed by atoms with van der Waals surface area (Å²) in [7, 11) is 2.12. The second-order valence-electron chi connectivity index (χ2n) is 6.51. The highest BCUT2D eigenvalue weighted by Crippen LogP contribution is 2.41. The summed E-state index contributed by atoms with van der Waals surface area (Å²) < 4.78 is 2.24. The second-order valence-corrected chi connectivity index (χ2v) is 6.90. The average Bonchev–Trinajstić information content (AvgIpc) is 3.00. The van der Waals surface area contributed by atoms with Gasteiger partial charge in [-0.3, -0.25) is 4.98 Å². The first-order valence-electron chi connectivity index (χ1n) is 8.04. The van der Waals surface area contributed by atoms with E-state index in [0.717, 1.165) is 10.8 Å². The molecule has 1 aliphatic heterocycles. The lowest BCUT2D eigenvalue weighted by Crippen LogP contribution is -2.35. The van der Waals surface area contributed by atoms with Crippen molar-refractivity contribution in [2.24, 2.45) is 7.05 Å². The van der Waals surface area contributed by atoms with Crippen LogP contribution in [0.1, 0.15) is 48.6 Å². The number of pyridine rings is 1. The van der Waals surface area contributed by atoms with Crippen LogP contribution in [0.4, 0.5) is 0 Å². The van der Waals surface area contributed by atoms with Gasteiger partial charge in [-0.1, -0.05) is 6.07 Å². The molecule has 122 valence electrons. The van der Waals surface area contributed by atoms with Gasteiger partial charge in [-0.05, 0) is 63.7 Å². The molecule has 0 spiro atoms. The molecule has 2 atom stereocenters. The molecule has 1 fully saturated rings. The smallest absolute Gasteiger partial charge is 0.170 e. The number of thiocarbonyl (C=S) groups is 1. The molecule has 4 nitrogen and oxygen atoms in total. The first-order chi connectivity index (χ1) is 10.9. The van der Waals surface area contributed by atoms with Gasteiger partial charge in [0, 0.05) is 30.7 Å². The Morgan fingerprint density at radius 3 is 2.52 bits per heavy atom. The number of nitrogens with zero attached hydrogens (tertiary/aromatic N) is 3. The molecule has 2 unspecified atom stereocenters. The molecule has 23 heavy (non-hydrogen) atoms. The number of rotatable bonds is 3. The van der Waals surface area contributed by atoms with Gasteiger partial charge in [-0.2, -0.15) is 0 Å². The number of nitrogens with one attached hydrogen (secondary N) is 1. The summed E-state index contributed by atoms with van der Waals surface area (Å²) in [6, 6.07) is 8.90. The maximum absolute atomic E-state index is 5.63. The Balaban J connectivity index is 2.13. The van der Waals surface area contributed by atoms with Crippen molar-refractivity contribution in [3.05, 3.63) is 53.1 Å². The van der Waals surface area contributed by atoms with Gasteiger partial charge in [0.15, 0.2) is 5.11 Å². The lowest BCUT2D eigenvalue weighted by molar-refractivity contribution is 0.268. The van der Waals surface area contributed by atoms with Crippen molar-refractivity contribution >= 4 is 17.3 Å². The van der Waals surface area contributed by atoms with E-state index in [0.29, 0.717) is 6.04 Å². The molecule has 0 radical (unpaired) electrons. The number of hydrogen-bond donors (Lipinski definition) is 1. The minimum absolute atomic E-state index is 0.0756. The largest absolute Gasteiger partial charge is 0.352 e. The van der Waals surface area contributed by atoms with Crippen LogP contribution in [0.2, 0.25) is 0 Å². The van der Waals surface area contributed by atoms with Gasteiger partial charge in [0.05, 0.1) is 17.8 Å². The van der Waals surface area contributed by atoms with Gasteiger partial charge in [-0.15, -0.1) is 0 Å². The molecule has 1 aliphatic rings. The van der Waals surface area contributed by atoms with Crippen LogP contribution in [0.25, 0.3) is 0 Å². The highest BCUT2D eigenvalue weighted by molar-refractivity contribution is 7.80. The lowest BCUT2D eigenvalue weighted by Gasteiger charge is -2.31. The first kappa shape index (κ1) is 16.0. The van der Waals surface area contributed by atoms with Crippen molar-refractivity contribution in [2.75, 3.05) is 0 Å². The van der Waals surface area contributed by atoms with E-state index in [9.17, 15) is 0 Å². The Kier molecular flexibility index (Phi) is 4.15. The third-order valence-electron chi connectivity index (χ3n) is 4.82. The quantitative estimate of drug-likeness (QED) is 0.875. The second kappa shape index (κ2) is 5.96. The minimum Gasteiger partial charge on any atom is -0.352 e. The minimum atomic E-state index is 0.0756.